The van der Waals surface area contributed by atoms with Crippen LogP contribution in [-0.2, 0) is 4.74 Å². The molecule has 0 radical (unpaired) electrons. The normalized spacial score (nSPS) is 10.9. The van der Waals surface area contributed by atoms with Crippen LogP contribution in [0.25, 0.3) is 17.0 Å². The van der Waals surface area contributed by atoms with Gasteiger partial charge in [-0.15, -0.1) is 11.8 Å². The first-order valence-corrected chi connectivity index (χ1v) is 10.0. The van der Waals surface area contributed by atoms with Gasteiger partial charge in [-0.2, -0.15) is 0 Å². The van der Waals surface area contributed by atoms with Crippen molar-refractivity contribution in [1.29, 1.82) is 0 Å². The Morgan fingerprint density at radius 1 is 1.18 bits per heavy atom. The molecule has 142 valence electrons. The molecule has 0 aliphatic rings. The van der Waals surface area contributed by atoms with E-state index in [1.165, 1.54) is 4.90 Å². The first-order chi connectivity index (χ1) is 13.7. The summed E-state index contributed by atoms with van der Waals surface area (Å²) in [5.41, 5.74) is 3.12. The summed E-state index contributed by atoms with van der Waals surface area (Å²) < 4.78 is 6.82. The third-order valence-electron chi connectivity index (χ3n) is 4.25. The molecule has 4 rings (SSSR count). The van der Waals surface area contributed by atoms with Crippen molar-refractivity contribution in [3.8, 4) is 11.3 Å². The van der Waals surface area contributed by atoms with Crippen molar-refractivity contribution in [2.45, 2.75) is 11.8 Å². The number of nitrogens with one attached hydrogen (secondary N) is 2. The van der Waals surface area contributed by atoms with Gasteiger partial charge in [-0.3, -0.25) is 5.10 Å². The molecule has 7 nitrogen and oxygen atoms in total. The van der Waals surface area contributed by atoms with Gasteiger partial charge in [0.05, 0.1) is 12.2 Å². The maximum Gasteiger partial charge on any atom is 0.338 e. The zero-order valence-electron chi connectivity index (χ0n) is 15.5. The minimum Gasteiger partial charge on any atom is -0.462 e. The van der Waals surface area contributed by atoms with Gasteiger partial charge in [0, 0.05) is 16.1 Å². The van der Waals surface area contributed by atoms with E-state index in [9.17, 15) is 4.79 Å². The fraction of sp³-hybridized carbons (Fsp3) is 0.150. The minimum absolute atomic E-state index is 0.330. The summed E-state index contributed by atoms with van der Waals surface area (Å²) in [7, 11) is 0. The molecule has 0 unspecified atom stereocenters. The van der Waals surface area contributed by atoms with Gasteiger partial charge < -0.3 is 10.1 Å². The molecule has 2 aromatic heterocycles. The highest BCUT2D eigenvalue weighted by atomic mass is 32.2. The van der Waals surface area contributed by atoms with Crippen LogP contribution in [0.2, 0.25) is 0 Å². The van der Waals surface area contributed by atoms with E-state index in [1.54, 1.807) is 41.7 Å². The lowest BCUT2D eigenvalue weighted by Gasteiger charge is -2.09. The quantitative estimate of drug-likeness (QED) is 0.374. The highest BCUT2D eigenvalue weighted by molar-refractivity contribution is 7.98. The van der Waals surface area contributed by atoms with E-state index in [0.717, 1.165) is 22.8 Å². The third kappa shape index (κ3) is 3.46. The number of benzene rings is 2. The van der Waals surface area contributed by atoms with Gasteiger partial charge in [0.1, 0.15) is 12.0 Å². The second-order valence-electron chi connectivity index (χ2n) is 5.98. The second-order valence-corrected chi connectivity index (χ2v) is 6.86. The molecule has 2 N–H and O–H groups in total. The number of aromatic nitrogens is 4. The number of imidazole rings is 1. The predicted octanol–water partition coefficient (Wildman–Crippen LogP) is 4.37. The number of rotatable bonds is 6. The van der Waals surface area contributed by atoms with Gasteiger partial charge in [0.2, 0.25) is 0 Å². The average molecular weight is 393 g/mol. The number of anilines is 2. The van der Waals surface area contributed by atoms with Gasteiger partial charge in [-0.05, 0) is 49.6 Å². The summed E-state index contributed by atoms with van der Waals surface area (Å²) >= 11 is 1.70. The molecule has 2 aromatic carbocycles. The van der Waals surface area contributed by atoms with E-state index >= 15 is 0 Å². The van der Waals surface area contributed by atoms with Gasteiger partial charge in [0.25, 0.3) is 5.78 Å². The summed E-state index contributed by atoms with van der Waals surface area (Å²) in [6.07, 6.45) is 3.64. The molecule has 0 amide bonds. The van der Waals surface area contributed by atoms with E-state index in [1.807, 2.05) is 30.5 Å². The molecule has 0 aliphatic heterocycles. The zero-order chi connectivity index (χ0) is 19.5. The zero-order valence-corrected chi connectivity index (χ0v) is 16.3. The molecule has 0 saturated carbocycles. The highest BCUT2D eigenvalue weighted by Gasteiger charge is 2.16. The molecule has 0 atom stereocenters. The molecular formula is C20H19N5O2S. The van der Waals surface area contributed by atoms with Crippen molar-refractivity contribution in [1.82, 2.24) is 19.6 Å². The van der Waals surface area contributed by atoms with Crippen LogP contribution >= 0.6 is 11.8 Å². The van der Waals surface area contributed by atoms with Gasteiger partial charge in [-0.25, -0.2) is 19.3 Å². The number of hydrogen-bond donors (Lipinski definition) is 2. The molecule has 0 saturated heterocycles. The van der Waals surface area contributed by atoms with Crippen LogP contribution < -0.4 is 5.32 Å². The average Bonchev–Trinajstić information content (AvgIpc) is 3.31. The third-order valence-corrected chi connectivity index (χ3v) is 4.99. The molecule has 2 heterocycles. The number of ether oxygens (including phenoxy) is 1. The number of esters is 1. The Morgan fingerprint density at radius 2 is 1.93 bits per heavy atom. The number of hydrogen-bond acceptors (Lipinski definition) is 6. The molecule has 4 aromatic rings. The van der Waals surface area contributed by atoms with Crippen molar-refractivity contribution >= 4 is 35.0 Å². The maximum atomic E-state index is 11.8. The summed E-state index contributed by atoms with van der Waals surface area (Å²) in [6.45, 7) is 2.14. The van der Waals surface area contributed by atoms with E-state index in [4.69, 9.17) is 4.74 Å². The fourth-order valence-electron chi connectivity index (χ4n) is 2.87. The highest BCUT2D eigenvalue weighted by Crippen LogP contribution is 2.31. The first kappa shape index (κ1) is 18.1. The monoisotopic (exact) mass is 393 g/mol. The molecular weight excluding hydrogens is 374 g/mol. The van der Waals surface area contributed by atoms with Crippen molar-refractivity contribution in [3.63, 3.8) is 0 Å². The summed E-state index contributed by atoms with van der Waals surface area (Å²) in [5.74, 6) is 1.02. The van der Waals surface area contributed by atoms with Gasteiger partial charge in [0.15, 0.2) is 5.82 Å². The summed E-state index contributed by atoms with van der Waals surface area (Å²) in [6, 6.07) is 15.4. The number of aromatic amines is 1. The largest absolute Gasteiger partial charge is 0.462 e. The van der Waals surface area contributed by atoms with Crippen LogP contribution in [0.1, 0.15) is 17.3 Å². The topological polar surface area (TPSA) is 84.3 Å². The van der Waals surface area contributed by atoms with Crippen LogP contribution in [0.5, 0.6) is 0 Å². The van der Waals surface area contributed by atoms with Crippen molar-refractivity contribution in [3.05, 3.63) is 60.4 Å². The SMILES string of the molecule is CCOC(=O)c1ccc(Nc2c(-c3ccc(SC)cc3)nc3nc[nH]n23)cc1. The van der Waals surface area contributed by atoms with Crippen LogP contribution in [0.15, 0.2) is 59.8 Å². The lowest BCUT2D eigenvalue weighted by atomic mass is 10.1. The first-order valence-electron chi connectivity index (χ1n) is 8.80. The Balaban J connectivity index is 1.68. The number of nitrogens with zero attached hydrogens (tertiary/aromatic N) is 3. The molecule has 0 fully saturated rings. The molecule has 8 heteroatoms. The van der Waals surface area contributed by atoms with Crippen molar-refractivity contribution in [2.24, 2.45) is 0 Å². The van der Waals surface area contributed by atoms with Crippen LogP contribution in [0.3, 0.4) is 0 Å². The predicted molar refractivity (Wildman–Crippen MR) is 110 cm³/mol. The summed E-state index contributed by atoms with van der Waals surface area (Å²) in [5, 5.41) is 6.45. The number of thioether (sulfide) groups is 1. The van der Waals surface area contributed by atoms with Gasteiger partial charge in [-0.1, -0.05) is 12.1 Å². The molecule has 0 bridgehead atoms. The maximum absolute atomic E-state index is 11.8. The summed E-state index contributed by atoms with van der Waals surface area (Å²) in [4.78, 5) is 21.9. The van der Waals surface area contributed by atoms with Gasteiger partial charge >= 0.3 is 5.97 Å². The molecule has 0 aliphatic carbocycles. The fourth-order valence-corrected chi connectivity index (χ4v) is 3.28. The van der Waals surface area contributed by atoms with Crippen LogP contribution in [0, 0.1) is 0 Å². The Bertz CT molecular complexity index is 1100. The lowest BCUT2D eigenvalue weighted by molar-refractivity contribution is 0.0526. The number of H-pyrrole nitrogens is 1. The second kappa shape index (κ2) is 7.77. The van der Waals surface area contributed by atoms with Crippen molar-refractivity contribution in [2.75, 3.05) is 18.2 Å². The smallest absolute Gasteiger partial charge is 0.338 e. The van der Waals surface area contributed by atoms with E-state index in [-0.39, 0.29) is 5.97 Å². The van der Waals surface area contributed by atoms with Crippen molar-refractivity contribution < 1.29 is 9.53 Å². The Labute approximate surface area is 166 Å². The molecule has 0 spiro atoms. The minimum atomic E-state index is -0.330. The van der Waals surface area contributed by atoms with Crippen LogP contribution in [-0.4, -0.2) is 38.4 Å². The number of fused-ring (bicyclic) bond motifs is 1. The Kier molecular flexibility index (Phi) is 5.03. The van der Waals surface area contributed by atoms with Crippen LogP contribution in [0.4, 0.5) is 11.5 Å². The molecule has 28 heavy (non-hydrogen) atoms. The number of carbonyl (C=O) groups excluding carboxylic acids is 1. The van der Waals surface area contributed by atoms with E-state index in [2.05, 4.69) is 32.5 Å². The Morgan fingerprint density at radius 3 is 2.61 bits per heavy atom. The van der Waals surface area contributed by atoms with E-state index in [0.29, 0.717) is 17.9 Å². The lowest BCUT2D eigenvalue weighted by Crippen LogP contribution is -2.04. The Hall–Kier alpha value is -3.26. The van der Waals surface area contributed by atoms with E-state index < -0.39 is 0 Å². The standard InChI is InChI=1S/C20H19N5O2S/c1-3-27-19(26)14-4-8-15(9-5-14)23-18-17(24-20-21-12-22-25(18)20)13-6-10-16(28-2)11-7-13/h4-12,23H,3H2,1-2H3,(H,21,22,24). The number of carbonyl (C=O) groups is 1.